The average Bonchev–Trinajstić information content (AvgIpc) is 2.99. The molecule has 3 heterocycles. The molecule has 0 bridgehead atoms. The topological polar surface area (TPSA) is 86.2 Å². The Morgan fingerprint density at radius 2 is 2.14 bits per heavy atom. The molecule has 3 aromatic heterocycles. The van der Waals surface area contributed by atoms with Crippen LogP contribution in [0.2, 0.25) is 0 Å². The summed E-state index contributed by atoms with van der Waals surface area (Å²) >= 11 is 0. The minimum absolute atomic E-state index is 0.221. The number of hydrogen-bond acceptors (Lipinski definition) is 4. The lowest BCUT2D eigenvalue weighted by molar-refractivity contribution is 0.0942. The van der Waals surface area contributed by atoms with Gasteiger partial charge in [-0.05, 0) is 25.1 Å². The molecule has 1 amide bonds. The van der Waals surface area contributed by atoms with E-state index in [9.17, 15) is 9.59 Å². The zero-order valence-corrected chi connectivity index (χ0v) is 12.4. The van der Waals surface area contributed by atoms with Crippen molar-refractivity contribution in [1.29, 1.82) is 0 Å². The van der Waals surface area contributed by atoms with Gasteiger partial charge in [0.1, 0.15) is 5.69 Å². The van der Waals surface area contributed by atoms with Crippen molar-refractivity contribution >= 4 is 11.6 Å². The van der Waals surface area contributed by atoms with Crippen LogP contribution in [0, 0.1) is 6.92 Å². The van der Waals surface area contributed by atoms with E-state index in [1.807, 2.05) is 13.0 Å². The standard InChI is InChI=1S/C14H16N6O2/c1-10-9-11(18(2)16-10)13(21)15-6-8-20-14(22)19-7-4-3-5-12(19)17-20/h3-5,7,9H,6,8H2,1-2H3,(H,15,21). The Balaban J connectivity index is 1.67. The second-order valence-corrected chi connectivity index (χ2v) is 4.99. The smallest absolute Gasteiger partial charge is 0.349 e. The van der Waals surface area contributed by atoms with Crippen molar-refractivity contribution in [2.24, 2.45) is 7.05 Å². The first-order valence-corrected chi connectivity index (χ1v) is 6.89. The quantitative estimate of drug-likeness (QED) is 0.733. The highest BCUT2D eigenvalue weighted by molar-refractivity contribution is 5.92. The summed E-state index contributed by atoms with van der Waals surface area (Å²) in [7, 11) is 1.72. The second kappa shape index (κ2) is 5.47. The molecule has 0 saturated carbocycles. The number of nitrogens with zero attached hydrogens (tertiary/aromatic N) is 5. The molecule has 3 aromatic rings. The van der Waals surface area contributed by atoms with E-state index in [-0.39, 0.29) is 11.6 Å². The van der Waals surface area contributed by atoms with Gasteiger partial charge in [-0.15, -0.1) is 5.10 Å². The molecule has 8 nitrogen and oxygen atoms in total. The van der Waals surface area contributed by atoms with Gasteiger partial charge in [0.05, 0.1) is 12.2 Å². The van der Waals surface area contributed by atoms with Gasteiger partial charge in [-0.1, -0.05) is 6.07 Å². The fourth-order valence-electron chi connectivity index (χ4n) is 2.30. The fourth-order valence-corrected chi connectivity index (χ4v) is 2.30. The summed E-state index contributed by atoms with van der Waals surface area (Å²) < 4.78 is 4.33. The number of pyridine rings is 1. The predicted molar refractivity (Wildman–Crippen MR) is 79.7 cm³/mol. The molecule has 0 spiro atoms. The van der Waals surface area contributed by atoms with E-state index in [2.05, 4.69) is 15.5 Å². The summed E-state index contributed by atoms with van der Waals surface area (Å²) in [4.78, 5) is 24.1. The molecule has 0 saturated heterocycles. The van der Waals surface area contributed by atoms with Crippen molar-refractivity contribution in [1.82, 2.24) is 29.3 Å². The van der Waals surface area contributed by atoms with Crippen molar-refractivity contribution in [2.75, 3.05) is 6.54 Å². The maximum atomic E-state index is 12.1. The third kappa shape index (κ3) is 2.50. The molecular formula is C14H16N6O2. The molecule has 22 heavy (non-hydrogen) atoms. The van der Waals surface area contributed by atoms with Gasteiger partial charge in [0, 0.05) is 19.8 Å². The minimum atomic E-state index is -0.222. The van der Waals surface area contributed by atoms with Crippen LogP contribution in [0.3, 0.4) is 0 Å². The number of aromatic nitrogens is 5. The van der Waals surface area contributed by atoms with E-state index in [1.54, 1.807) is 31.4 Å². The minimum Gasteiger partial charge on any atom is -0.349 e. The van der Waals surface area contributed by atoms with Crippen molar-refractivity contribution in [3.63, 3.8) is 0 Å². The molecule has 0 aliphatic carbocycles. The molecule has 0 atom stereocenters. The van der Waals surface area contributed by atoms with E-state index in [0.29, 0.717) is 24.4 Å². The van der Waals surface area contributed by atoms with Gasteiger partial charge in [-0.3, -0.25) is 13.9 Å². The molecule has 3 rings (SSSR count). The van der Waals surface area contributed by atoms with E-state index >= 15 is 0 Å². The van der Waals surface area contributed by atoms with Gasteiger partial charge in [-0.25, -0.2) is 9.48 Å². The number of fused-ring (bicyclic) bond motifs is 1. The Kier molecular flexibility index (Phi) is 3.50. The van der Waals surface area contributed by atoms with Crippen LogP contribution >= 0.6 is 0 Å². The Morgan fingerprint density at radius 1 is 1.32 bits per heavy atom. The average molecular weight is 300 g/mol. The summed E-state index contributed by atoms with van der Waals surface area (Å²) in [6, 6.07) is 7.06. The highest BCUT2D eigenvalue weighted by atomic mass is 16.2. The molecule has 114 valence electrons. The van der Waals surface area contributed by atoms with E-state index in [0.717, 1.165) is 5.69 Å². The number of carbonyl (C=O) groups excluding carboxylic acids is 1. The summed E-state index contributed by atoms with van der Waals surface area (Å²) in [5, 5.41) is 11.1. The monoisotopic (exact) mass is 300 g/mol. The van der Waals surface area contributed by atoms with Gasteiger partial charge >= 0.3 is 5.69 Å². The first-order chi connectivity index (χ1) is 10.6. The third-order valence-corrected chi connectivity index (χ3v) is 3.33. The normalized spacial score (nSPS) is 11.0. The molecule has 0 aliphatic heterocycles. The number of rotatable bonds is 4. The van der Waals surface area contributed by atoms with E-state index < -0.39 is 0 Å². The number of aryl methyl sites for hydroxylation is 2. The molecule has 8 heteroatoms. The number of nitrogens with one attached hydrogen (secondary N) is 1. The second-order valence-electron chi connectivity index (χ2n) is 4.99. The Hall–Kier alpha value is -2.90. The molecule has 0 unspecified atom stereocenters. The molecule has 0 aliphatic rings. The molecule has 1 N–H and O–H groups in total. The highest BCUT2D eigenvalue weighted by Gasteiger charge is 2.11. The Morgan fingerprint density at radius 3 is 2.82 bits per heavy atom. The summed E-state index contributed by atoms with van der Waals surface area (Å²) in [6.07, 6.45) is 1.66. The van der Waals surface area contributed by atoms with Gasteiger partial charge < -0.3 is 5.32 Å². The van der Waals surface area contributed by atoms with Crippen LogP contribution < -0.4 is 11.0 Å². The van der Waals surface area contributed by atoms with E-state index in [4.69, 9.17) is 0 Å². The van der Waals surface area contributed by atoms with Gasteiger partial charge in [0.15, 0.2) is 5.65 Å². The van der Waals surface area contributed by atoms with Crippen LogP contribution in [0.5, 0.6) is 0 Å². The predicted octanol–water partition coefficient (Wildman–Crippen LogP) is -0.0321. The Bertz CT molecular complexity index is 888. The third-order valence-electron chi connectivity index (χ3n) is 3.33. The van der Waals surface area contributed by atoms with Gasteiger partial charge in [0.2, 0.25) is 0 Å². The highest BCUT2D eigenvalue weighted by Crippen LogP contribution is 2.01. The number of amides is 1. The molecular weight excluding hydrogens is 284 g/mol. The van der Waals surface area contributed by atoms with Gasteiger partial charge in [0.25, 0.3) is 5.91 Å². The molecule has 0 aromatic carbocycles. The van der Waals surface area contributed by atoms with Crippen molar-refractivity contribution in [2.45, 2.75) is 13.5 Å². The summed E-state index contributed by atoms with van der Waals surface area (Å²) in [5.74, 6) is -0.222. The zero-order chi connectivity index (χ0) is 15.7. The zero-order valence-electron chi connectivity index (χ0n) is 12.4. The first kappa shape index (κ1) is 14.1. The molecule has 0 fully saturated rings. The maximum Gasteiger partial charge on any atom is 0.350 e. The SMILES string of the molecule is Cc1cc(C(=O)NCCn2nc3ccccn3c2=O)n(C)n1. The lowest BCUT2D eigenvalue weighted by Gasteiger charge is -2.04. The van der Waals surface area contributed by atoms with Crippen LogP contribution in [0.25, 0.3) is 5.65 Å². The van der Waals surface area contributed by atoms with Crippen LogP contribution in [0.1, 0.15) is 16.2 Å². The first-order valence-electron chi connectivity index (χ1n) is 6.89. The largest absolute Gasteiger partial charge is 0.350 e. The van der Waals surface area contributed by atoms with Crippen LogP contribution in [0.15, 0.2) is 35.3 Å². The summed E-state index contributed by atoms with van der Waals surface area (Å²) in [5.41, 5.74) is 1.63. The van der Waals surface area contributed by atoms with Crippen LogP contribution in [0.4, 0.5) is 0 Å². The van der Waals surface area contributed by atoms with Crippen molar-refractivity contribution in [3.8, 4) is 0 Å². The number of hydrogen-bond donors (Lipinski definition) is 1. The van der Waals surface area contributed by atoms with E-state index in [1.165, 1.54) is 13.8 Å². The van der Waals surface area contributed by atoms with Crippen molar-refractivity contribution in [3.05, 3.63) is 52.3 Å². The number of carbonyl (C=O) groups is 1. The maximum absolute atomic E-state index is 12.1. The van der Waals surface area contributed by atoms with Crippen LogP contribution in [-0.4, -0.2) is 36.4 Å². The van der Waals surface area contributed by atoms with Gasteiger partial charge in [-0.2, -0.15) is 5.10 Å². The van der Waals surface area contributed by atoms with Crippen LogP contribution in [-0.2, 0) is 13.6 Å². The van der Waals surface area contributed by atoms with Crippen molar-refractivity contribution < 1.29 is 4.79 Å². The summed E-state index contributed by atoms with van der Waals surface area (Å²) in [6.45, 7) is 2.45. The Labute approximate surface area is 126 Å². The fraction of sp³-hybridized carbons (Fsp3) is 0.286. The lowest BCUT2D eigenvalue weighted by Crippen LogP contribution is -2.32. The molecule has 0 radical (unpaired) electrons. The lowest BCUT2D eigenvalue weighted by atomic mass is 10.3.